The Balaban J connectivity index is 2.82. The summed E-state index contributed by atoms with van der Waals surface area (Å²) in [6.07, 6.45) is -7.23. The SMILES string of the molecule is OC[C@]1(O)OC(O)[C@@H](O)[C@@H](O)[C@@H]1O. The molecule has 0 aromatic heterocycles. The summed E-state index contributed by atoms with van der Waals surface area (Å²) in [5.41, 5.74) is 0. The van der Waals surface area contributed by atoms with Gasteiger partial charge in [0, 0.05) is 0 Å². The molecular weight excluding hydrogens is 184 g/mol. The van der Waals surface area contributed by atoms with Crippen LogP contribution < -0.4 is 0 Å². The van der Waals surface area contributed by atoms with E-state index in [0.29, 0.717) is 0 Å². The number of aliphatic hydroxyl groups excluding tert-OH is 5. The number of aliphatic hydroxyl groups is 6. The van der Waals surface area contributed by atoms with Crippen molar-refractivity contribution in [3.8, 4) is 0 Å². The van der Waals surface area contributed by atoms with Crippen molar-refractivity contribution in [2.24, 2.45) is 0 Å². The molecule has 1 saturated heterocycles. The summed E-state index contributed by atoms with van der Waals surface area (Å²) in [6, 6.07) is 0. The van der Waals surface area contributed by atoms with Crippen LogP contribution in [-0.4, -0.2) is 67.6 Å². The van der Waals surface area contributed by atoms with Gasteiger partial charge in [-0.25, -0.2) is 0 Å². The number of rotatable bonds is 1. The third-order valence-electron chi connectivity index (χ3n) is 1.98. The molecule has 1 rings (SSSR count). The molecule has 1 fully saturated rings. The zero-order valence-electron chi connectivity index (χ0n) is 6.61. The normalized spacial score (nSPS) is 52.2. The lowest BCUT2D eigenvalue weighted by molar-refractivity contribution is -0.390. The lowest BCUT2D eigenvalue weighted by atomic mass is 9.96. The van der Waals surface area contributed by atoms with Crippen LogP contribution in [0.1, 0.15) is 0 Å². The topological polar surface area (TPSA) is 131 Å². The molecule has 7 heteroatoms. The lowest BCUT2D eigenvalue weighted by Crippen LogP contribution is -2.65. The fourth-order valence-electron chi connectivity index (χ4n) is 1.10. The van der Waals surface area contributed by atoms with Gasteiger partial charge in [-0.1, -0.05) is 0 Å². The molecule has 0 radical (unpaired) electrons. The number of hydrogen-bond donors (Lipinski definition) is 6. The van der Waals surface area contributed by atoms with Crippen molar-refractivity contribution in [3.63, 3.8) is 0 Å². The fourth-order valence-corrected chi connectivity index (χ4v) is 1.10. The molecule has 0 aromatic carbocycles. The Kier molecular flexibility index (Phi) is 2.88. The Morgan fingerprint density at radius 3 is 2.08 bits per heavy atom. The van der Waals surface area contributed by atoms with Crippen molar-refractivity contribution in [2.45, 2.75) is 30.4 Å². The second kappa shape index (κ2) is 3.46. The maximum absolute atomic E-state index is 9.25. The van der Waals surface area contributed by atoms with Gasteiger partial charge in [0.05, 0.1) is 6.61 Å². The molecule has 5 atom stereocenters. The van der Waals surface area contributed by atoms with Crippen molar-refractivity contribution in [1.82, 2.24) is 0 Å². The van der Waals surface area contributed by atoms with Crippen molar-refractivity contribution in [1.29, 1.82) is 0 Å². The van der Waals surface area contributed by atoms with Gasteiger partial charge < -0.3 is 35.4 Å². The molecule has 1 aliphatic heterocycles. The van der Waals surface area contributed by atoms with Gasteiger partial charge in [0.15, 0.2) is 6.29 Å². The van der Waals surface area contributed by atoms with E-state index in [2.05, 4.69) is 4.74 Å². The predicted octanol–water partition coefficient (Wildman–Crippen LogP) is -3.90. The van der Waals surface area contributed by atoms with E-state index >= 15 is 0 Å². The zero-order chi connectivity index (χ0) is 10.2. The average molecular weight is 196 g/mol. The molecule has 78 valence electrons. The van der Waals surface area contributed by atoms with Gasteiger partial charge in [0.25, 0.3) is 0 Å². The maximum Gasteiger partial charge on any atom is 0.221 e. The highest BCUT2D eigenvalue weighted by Gasteiger charge is 2.52. The minimum Gasteiger partial charge on any atom is -0.391 e. The fraction of sp³-hybridized carbons (Fsp3) is 1.00. The minimum atomic E-state index is -2.45. The molecule has 6 N–H and O–H groups in total. The molecule has 0 saturated carbocycles. The van der Waals surface area contributed by atoms with Gasteiger partial charge in [0.2, 0.25) is 5.79 Å². The van der Waals surface area contributed by atoms with E-state index in [-0.39, 0.29) is 0 Å². The molecule has 13 heavy (non-hydrogen) atoms. The van der Waals surface area contributed by atoms with Crippen molar-refractivity contribution >= 4 is 0 Å². The van der Waals surface area contributed by atoms with Crippen LogP contribution in [0.2, 0.25) is 0 Å². The van der Waals surface area contributed by atoms with Gasteiger partial charge in [-0.15, -0.1) is 0 Å². The van der Waals surface area contributed by atoms with E-state index in [1.807, 2.05) is 0 Å². The second-order valence-corrected chi connectivity index (χ2v) is 2.94. The lowest BCUT2D eigenvalue weighted by Gasteiger charge is -2.42. The van der Waals surface area contributed by atoms with Crippen LogP contribution in [0.3, 0.4) is 0 Å². The van der Waals surface area contributed by atoms with E-state index < -0.39 is 37.0 Å². The summed E-state index contributed by atoms with van der Waals surface area (Å²) in [5.74, 6) is -2.45. The Morgan fingerprint density at radius 2 is 1.62 bits per heavy atom. The van der Waals surface area contributed by atoms with Crippen LogP contribution in [0.5, 0.6) is 0 Å². The summed E-state index contributed by atoms with van der Waals surface area (Å²) in [7, 11) is 0. The van der Waals surface area contributed by atoms with Crippen molar-refractivity contribution in [3.05, 3.63) is 0 Å². The Hall–Kier alpha value is -0.280. The van der Waals surface area contributed by atoms with Gasteiger partial charge in [-0.05, 0) is 0 Å². The van der Waals surface area contributed by atoms with Crippen LogP contribution in [0.15, 0.2) is 0 Å². The molecule has 0 spiro atoms. The predicted molar refractivity (Wildman–Crippen MR) is 37.1 cm³/mol. The van der Waals surface area contributed by atoms with Crippen LogP contribution in [-0.2, 0) is 4.74 Å². The Bertz CT molecular complexity index is 186. The molecule has 7 nitrogen and oxygen atoms in total. The number of hydrogen-bond acceptors (Lipinski definition) is 7. The highest BCUT2D eigenvalue weighted by Crippen LogP contribution is 2.26. The number of ether oxygens (including phenoxy) is 1. The van der Waals surface area contributed by atoms with E-state index in [4.69, 9.17) is 25.5 Å². The monoisotopic (exact) mass is 196 g/mol. The van der Waals surface area contributed by atoms with E-state index in [1.165, 1.54) is 0 Å². The van der Waals surface area contributed by atoms with Crippen molar-refractivity contribution < 1.29 is 35.4 Å². The van der Waals surface area contributed by atoms with E-state index in [9.17, 15) is 5.11 Å². The summed E-state index contributed by atoms with van der Waals surface area (Å²) >= 11 is 0. The largest absolute Gasteiger partial charge is 0.391 e. The van der Waals surface area contributed by atoms with Gasteiger partial charge in [0.1, 0.15) is 18.3 Å². The molecule has 1 heterocycles. The zero-order valence-corrected chi connectivity index (χ0v) is 6.61. The van der Waals surface area contributed by atoms with Crippen molar-refractivity contribution in [2.75, 3.05) is 6.61 Å². The third kappa shape index (κ3) is 1.67. The van der Waals surface area contributed by atoms with Crippen LogP contribution in [0.25, 0.3) is 0 Å². The van der Waals surface area contributed by atoms with Gasteiger partial charge in [-0.3, -0.25) is 0 Å². The van der Waals surface area contributed by atoms with Crippen LogP contribution >= 0.6 is 0 Å². The van der Waals surface area contributed by atoms with E-state index in [1.54, 1.807) is 0 Å². The highest BCUT2D eigenvalue weighted by molar-refractivity contribution is 4.92. The molecule has 0 amide bonds. The standard InChI is InChI=1S/C6H12O7/c7-1-6(12)4(10)2(8)3(9)5(11)13-6/h2-5,7-12H,1H2/t2-,3+,4+,5?,6+/m1/s1. The molecule has 1 unspecified atom stereocenters. The summed E-state index contributed by atoms with van der Waals surface area (Å²) < 4.78 is 4.32. The van der Waals surface area contributed by atoms with Gasteiger partial charge >= 0.3 is 0 Å². The maximum atomic E-state index is 9.25. The minimum absolute atomic E-state index is 1.00. The Labute approximate surface area is 73.4 Å². The van der Waals surface area contributed by atoms with Gasteiger partial charge in [-0.2, -0.15) is 0 Å². The summed E-state index contributed by atoms with van der Waals surface area (Å²) in [4.78, 5) is 0. The Morgan fingerprint density at radius 1 is 1.08 bits per heavy atom. The first-order valence-corrected chi connectivity index (χ1v) is 3.65. The van der Waals surface area contributed by atoms with Crippen LogP contribution in [0.4, 0.5) is 0 Å². The molecule has 0 aromatic rings. The molecule has 0 bridgehead atoms. The molecule has 1 aliphatic rings. The first kappa shape index (κ1) is 10.8. The molecule has 0 aliphatic carbocycles. The first-order valence-electron chi connectivity index (χ1n) is 3.65. The third-order valence-corrected chi connectivity index (χ3v) is 1.98. The van der Waals surface area contributed by atoms with Crippen LogP contribution in [0, 0.1) is 0 Å². The average Bonchev–Trinajstić information content (AvgIpc) is 2.12. The smallest absolute Gasteiger partial charge is 0.221 e. The second-order valence-electron chi connectivity index (χ2n) is 2.94. The molecular formula is C6H12O7. The first-order chi connectivity index (χ1) is 5.92. The highest BCUT2D eigenvalue weighted by atomic mass is 16.7. The summed E-state index contributed by atoms with van der Waals surface area (Å²) in [6.45, 7) is -1.00. The van der Waals surface area contributed by atoms with E-state index in [0.717, 1.165) is 0 Å². The summed E-state index contributed by atoms with van der Waals surface area (Å²) in [5, 5.41) is 53.9. The quantitative estimate of drug-likeness (QED) is 0.253.